The molecule has 0 radical (unpaired) electrons. The van der Waals surface area contributed by atoms with Crippen LogP contribution in [-0.2, 0) is 28.7 Å². The molecule has 8 heteroatoms. The van der Waals surface area contributed by atoms with Gasteiger partial charge in [0.15, 0.2) is 0 Å². The first kappa shape index (κ1) is 61.0. The van der Waals surface area contributed by atoms with Crippen molar-refractivity contribution in [1.29, 1.82) is 0 Å². The molecule has 79 heavy (non-hydrogen) atoms. The Kier molecular flexibility index (Phi) is 27.5. The van der Waals surface area contributed by atoms with Gasteiger partial charge in [-0.05, 0) is 206 Å². The number of hydrogen-bond acceptors (Lipinski definition) is 6. The summed E-state index contributed by atoms with van der Waals surface area (Å²) in [4.78, 5) is 48.8. The lowest BCUT2D eigenvalue weighted by atomic mass is 9.66. The summed E-state index contributed by atoms with van der Waals surface area (Å²) in [5.74, 6) is 93.6. The van der Waals surface area contributed by atoms with Crippen molar-refractivity contribution in [3.05, 3.63) is 24.3 Å². The van der Waals surface area contributed by atoms with Gasteiger partial charge in [-0.1, -0.05) is 32.9 Å². The average Bonchev–Trinajstić information content (AvgIpc) is 4.43. The van der Waals surface area contributed by atoms with Crippen molar-refractivity contribution in [2.45, 2.75) is 79.1 Å². The summed E-state index contributed by atoms with van der Waals surface area (Å²) in [6.45, 7) is 16.3. The van der Waals surface area contributed by atoms with Crippen LogP contribution in [0.3, 0.4) is 0 Å². The van der Waals surface area contributed by atoms with Crippen molar-refractivity contribution in [3.8, 4) is 214 Å². The number of nitrogens with one attached hydrogen (secondary N) is 2. The average molecular weight is 1030 g/mol. The minimum atomic E-state index is -0.314. The molecule has 11 atom stereocenters. The van der Waals surface area contributed by atoms with Crippen molar-refractivity contribution >= 4 is 23.8 Å². The third kappa shape index (κ3) is 22.8. The standard InChI is InChI=1S/C71H54N2O6/c1-8-9-10-11-12-13-14-15-16-17-18-19-20-21-22-23-24-25-26-27-28-29-30-31-32-33-34-35-36-37-38-39-40-41-42-57(6)69-60-50-62(54-79-68(75)46-48-73-71(77)56(4)5)66(52-60)64(69)44-43-63-58(7)65-51-59(63)49-61(65)53-78-67(74)45-47-72-70(76)55(2)3/h1,57-66,69H,2,4,43-54H2,3,5-7H3,(H,72,76)(H,73,77). The predicted octanol–water partition coefficient (Wildman–Crippen LogP) is 5.14. The first-order chi connectivity index (χ1) is 38.4. The van der Waals surface area contributed by atoms with Gasteiger partial charge in [-0.25, -0.2) is 0 Å². The lowest BCUT2D eigenvalue weighted by molar-refractivity contribution is -0.146. The van der Waals surface area contributed by atoms with E-state index in [0.29, 0.717) is 77.6 Å². The Bertz CT molecular complexity index is 3640. The van der Waals surface area contributed by atoms with Gasteiger partial charge < -0.3 is 20.1 Å². The molecule has 4 aliphatic rings. The lowest BCUT2D eigenvalue weighted by Gasteiger charge is -2.39. The van der Waals surface area contributed by atoms with Crippen LogP contribution in [0.5, 0.6) is 0 Å². The first-order valence-electron chi connectivity index (χ1n) is 25.6. The van der Waals surface area contributed by atoms with Crippen LogP contribution in [0, 0.1) is 279 Å². The molecule has 0 aromatic heterocycles. The van der Waals surface area contributed by atoms with Gasteiger partial charge in [-0.2, -0.15) is 0 Å². The van der Waals surface area contributed by atoms with Gasteiger partial charge in [0.05, 0.1) is 26.1 Å². The number of hydrogen-bond donors (Lipinski definition) is 2. The van der Waals surface area contributed by atoms with E-state index in [0.717, 1.165) is 38.5 Å². The van der Waals surface area contributed by atoms with E-state index < -0.39 is 0 Å². The minimum Gasteiger partial charge on any atom is -0.465 e. The fourth-order valence-electron chi connectivity index (χ4n) is 10.7. The monoisotopic (exact) mass is 1030 g/mol. The van der Waals surface area contributed by atoms with Gasteiger partial charge in [0.2, 0.25) is 11.8 Å². The molecule has 11 unspecified atom stereocenters. The number of amides is 2. The molecule has 4 rings (SSSR count). The van der Waals surface area contributed by atoms with Crippen molar-refractivity contribution in [1.82, 2.24) is 10.6 Å². The maximum atomic E-state index is 12.7. The van der Waals surface area contributed by atoms with Crippen LogP contribution < -0.4 is 10.6 Å². The second-order valence-electron chi connectivity index (χ2n) is 18.8. The van der Waals surface area contributed by atoms with E-state index in [1.807, 2.05) is 0 Å². The molecule has 0 saturated heterocycles. The summed E-state index contributed by atoms with van der Waals surface area (Å²) in [6.07, 6.45) is 11.7. The van der Waals surface area contributed by atoms with Gasteiger partial charge in [0, 0.05) is 137 Å². The molecule has 0 aromatic carbocycles. The Balaban J connectivity index is 1.26. The SMILES string of the molecule is C#CC#CC#CC#CC#CC#CC#CC#CC#CC#CC#CC#CC#CC#CC#CC#CC#CC#CC(C)C1C2CC(COC(=O)CCNC(=O)C(=C)C)C(C2)C1CCC1C2CC(COC(=O)CCNC(=O)C(=C)C)C(C2)C1C. The molecule has 0 heterocycles. The zero-order valence-corrected chi connectivity index (χ0v) is 44.8. The van der Waals surface area contributed by atoms with Crippen molar-refractivity contribution in [2.75, 3.05) is 26.3 Å². The summed E-state index contributed by atoms with van der Waals surface area (Å²) < 4.78 is 11.5. The molecule has 0 aliphatic heterocycles. The molecular weight excluding hydrogens is 977 g/mol. The van der Waals surface area contributed by atoms with Crippen molar-refractivity contribution < 1.29 is 28.7 Å². The normalized spacial score (nSPS) is 20.6. The summed E-state index contributed by atoms with van der Waals surface area (Å²) in [6, 6.07) is 0. The van der Waals surface area contributed by atoms with Crippen LogP contribution in [0.2, 0.25) is 0 Å². The summed E-state index contributed by atoms with van der Waals surface area (Å²) in [5.41, 5.74) is 0.795. The molecule has 384 valence electrons. The number of carbonyl (C=O) groups is 4. The molecule has 2 N–H and O–H groups in total. The van der Waals surface area contributed by atoms with E-state index >= 15 is 0 Å². The topological polar surface area (TPSA) is 111 Å². The highest BCUT2D eigenvalue weighted by atomic mass is 16.5. The van der Waals surface area contributed by atoms with Gasteiger partial charge in [-0.3, -0.25) is 19.2 Å². The maximum absolute atomic E-state index is 12.7. The van der Waals surface area contributed by atoms with Crippen molar-refractivity contribution in [3.63, 3.8) is 0 Å². The quantitative estimate of drug-likeness (QED) is 0.126. The molecule has 0 spiro atoms. The maximum Gasteiger partial charge on any atom is 0.307 e. The Morgan fingerprint density at radius 1 is 0.481 bits per heavy atom. The molecule has 4 aliphatic carbocycles. The number of esters is 2. The fourth-order valence-corrected chi connectivity index (χ4v) is 10.7. The highest BCUT2D eigenvalue weighted by Gasteiger charge is 2.55. The van der Waals surface area contributed by atoms with E-state index in [4.69, 9.17) is 15.9 Å². The number of ether oxygens (including phenoxy) is 2. The smallest absolute Gasteiger partial charge is 0.307 e. The number of terminal acetylenes is 1. The summed E-state index contributed by atoms with van der Waals surface area (Å²) in [7, 11) is 0. The molecule has 0 aromatic rings. The molecule has 4 saturated carbocycles. The Morgan fingerprint density at radius 2 is 0.810 bits per heavy atom. The highest BCUT2D eigenvalue weighted by Crippen LogP contribution is 2.61. The predicted molar refractivity (Wildman–Crippen MR) is 305 cm³/mol. The first-order valence-corrected chi connectivity index (χ1v) is 25.6. The Morgan fingerprint density at radius 3 is 1.18 bits per heavy atom. The van der Waals surface area contributed by atoms with Crippen LogP contribution in [0.15, 0.2) is 24.3 Å². The van der Waals surface area contributed by atoms with Crippen LogP contribution >= 0.6 is 0 Å². The van der Waals surface area contributed by atoms with Crippen LogP contribution in [-0.4, -0.2) is 50.1 Å². The minimum absolute atomic E-state index is 0.109. The molecule has 2 amide bonds. The fraction of sp³-hybridized carbons (Fsp3) is 0.380. The van der Waals surface area contributed by atoms with Gasteiger partial charge in [0.1, 0.15) is 0 Å². The lowest BCUT2D eigenvalue weighted by Crippen LogP contribution is -2.35. The summed E-state index contributed by atoms with van der Waals surface area (Å²) >= 11 is 0. The van der Waals surface area contributed by atoms with E-state index in [9.17, 15) is 19.2 Å². The molecule has 8 nitrogen and oxygen atoms in total. The number of carbonyl (C=O) groups excluding carboxylic acids is 4. The second kappa shape index (κ2) is 35.6. The van der Waals surface area contributed by atoms with E-state index in [-0.39, 0.29) is 61.5 Å². The number of fused-ring (bicyclic) bond motifs is 4. The van der Waals surface area contributed by atoms with E-state index in [2.05, 4.69) is 245 Å². The van der Waals surface area contributed by atoms with Gasteiger partial charge in [-0.15, -0.1) is 6.42 Å². The highest BCUT2D eigenvalue weighted by molar-refractivity contribution is 5.92. The Labute approximate surface area is 469 Å². The summed E-state index contributed by atoms with van der Waals surface area (Å²) in [5, 5.41) is 5.39. The number of rotatable bonds is 16. The zero-order chi connectivity index (χ0) is 56.9. The molecular formula is C71H54N2O6. The van der Waals surface area contributed by atoms with Crippen LogP contribution in [0.1, 0.15) is 79.1 Å². The van der Waals surface area contributed by atoms with Crippen LogP contribution in [0.25, 0.3) is 0 Å². The third-order valence-electron chi connectivity index (χ3n) is 13.8. The largest absolute Gasteiger partial charge is 0.465 e. The third-order valence-corrected chi connectivity index (χ3v) is 13.8. The van der Waals surface area contributed by atoms with Gasteiger partial charge in [0.25, 0.3) is 0 Å². The second-order valence-corrected chi connectivity index (χ2v) is 18.8. The van der Waals surface area contributed by atoms with E-state index in [1.165, 1.54) is 0 Å². The molecule has 4 bridgehead atoms. The Hall–Kier alpha value is -10.6. The molecule has 4 fully saturated rings. The van der Waals surface area contributed by atoms with Crippen molar-refractivity contribution in [2.24, 2.45) is 65.1 Å². The van der Waals surface area contributed by atoms with E-state index in [1.54, 1.807) is 13.8 Å². The van der Waals surface area contributed by atoms with Crippen LogP contribution in [0.4, 0.5) is 0 Å². The van der Waals surface area contributed by atoms with Gasteiger partial charge >= 0.3 is 11.9 Å². The zero-order valence-electron chi connectivity index (χ0n) is 44.8.